The van der Waals surface area contributed by atoms with E-state index in [1.807, 2.05) is 0 Å². The van der Waals surface area contributed by atoms with E-state index in [1.54, 1.807) is 0 Å². The Morgan fingerprint density at radius 3 is 1.55 bits per heavy atom. The molecule has 0 radical (unpaired) electrons. The third kappa shape index (κ3) is 2.40. The number of hydrogen-bond donors (Lipinski definition) is 0. The molecule has 1 heterocycles. The molecule has 3 rings (SSSR count). The number of halogens is 2. The van der Waals surface area contributed by atoms with Crippen LogP contribution in [-0.4, -0.2) is 12.5 Å². The summed E-state index contributed by atoms with van der Waals surface area (Å²) >= 11 is 7.28. The molecule has 0 bridgehead atoms. The summed E-state index contributed by atoms with van der Waals surface area (Å²) in [6, 6.07) is 17.3. The van der Waals surface area contributed by atoms with Gasteiger partial charge in [0.2, 0.25) is 0 Å². The Morgan fingerprint density at radius 1 is 0.773 bits per heavy atom. The molecule has 0 fully saturated rings. The highest BCUT2D eigenvalue weighted by atomic mass is 79.9. The highest BCUT2D eigenvalue weighted by molar-refractivity contribution is 9.10. The Bertz CT molecular complexity index is 766. The van der Waals surface area contributed by atoms with Crippen LogP contribution in [0.2, 0.25) is 18.1 Å². The zero-order valence-corrected chi connectivity index (χ0v) is 17.5. The molecule has 2 aromatic carbocycles. The number of nitrogens with zero attached hydrogens (tertiary/aromatic N) is 1. The van der Waals surface area contributed by atoms with Gasteiger partial charge in [0.05, 0.1) is 0 Å². The van der Waals surface area contributed by atoms with E-state index in [2.05, 4.69) is 93.3 Å². The first-order chi connectivity index (χ1) is 10.6. The zero-order chi connectivity index (χ0) is 15.9. The average Bonchev–Trinajstić information content (AvgIpc) is 2.84. The van der Waals surface area contributed by atoms with E-state index >= 15 is 0 Å². The van der Waals surface area contributed by atoms with Crippen molar-refractivity contribution in [3.05, 3.63) is 45.3 Å². The van der Waals surface area contributed by atoms with Crippen molar-refractivity contribution in [3.63, 3.8) is 0 Å². The van der Waals surface area contributed by atoms with Crippen molar-refractivity contribution >= 4 is 61.9 Å². The summed E-state index contributed by atoms with van der Waals surface area (Å²) in [6.07, 6.45) is 0. The molecule has 22 heavy (non-hydrogen) atoms. The first kappa shape index (κ1) is 16.3. The van der Waals surface area contributed by atoms with Crippen molar-refractivity contribution in [2.45, 2.75) is 38.9 Å². The monoisotopic (exact) mass is 437 g/mol. The van der Waals surface area contributed by atoms with Crippen molar-refractivity contribution < 1.29 is 0 Å². The van der Waals surface area contributed by atoms with E-state index in [4.69, 9.17) is 0 Å². The van der Waals surface area contributed by atoms with Gasteiger partial charge in [-0.2, -0.15) is 0 Å². The first-order valence-corrected chi connectivity index (χ1v) is 12.1. The van der Waals surface area contributed by atoms with Gasteiger partial charge >= 0.3 is 0 Å². The molecule has 1 nitrogen and oxygen atoms in total. The number of aromatic nitrogens is 1. The predicted octanol–water partition coefficient (Wildman–Crippen LogP) is 7.17. The third-order valence-electron chi connectivity index (χ3n) is 5.14. The summed E-state index contributed by atoms with van der Waals surface area (Å²) in [7, 11) is -1.52. The van der Waals surface area contributed by atoms with E-state index in [0.717, 1.165) is 8.95 Å². The normalized spacial score (nSPS) is 12.4. The Kier molecular flexibility index (Phi) is 4.54. The largest absolute Gasteiger partial charge is 0.368 e. The average molecular weight is 439 g/mol. The van der Waals surface area contributed by atoms with Crippen LogP contribution in [0.25, 0.3) is 21.8 Å². The molecule has 0 aliphatic rings. The summed E-state index contributed by atoms with van der Waals surface area (Å²) in [5, 5.41) is 2.72. The van der Waals surface area contributed by atoms with Crippen molar-refractivity contribution in [1.82, 2.24) is 4.23 Å². The molecule has 3 aromatic rings. The minimum absolute atomic E-state index is 1.15. The number of benzene rings is 2. The van der Waals surface area contributed by atoms with Gasteiger partial charge in [0.25, 0.3) is 0 Å². The lowest BCUT2D eigenvalue weighted by atomic mass is 10.2. The molecule has 0 atom stereocenters. The molecular weight excluding hydrogens is 418 g/mol. The zero-order valence-electron chi connectivity index (χ0n) is 13.3. The molecule has 0 aliphatic heterocycles. The second kappa shape index (κ2) is 6.14. The van der Waals surface area contributed by atoms with Gasteiger partial charge in [-0.25, -0.2) is 0 Å². The SMILES string of the molecule is CC[Si](CC)(CC)n1c2ccc(Br)cc2c2cc(Br)ccc21. The van der Waals surface area contributed by atoms with E-state index < -0.39 is 8.24 Å². The van der Waals surface area contributed by atoms with Crippen molar-refractivity contribution in [2.75, 3.05) is 0 Å². The molecule has 4 heteroatoms. The van der Waals surface area contributed by atoms with Crippen LogP contribution in [0.1, 0.15) is 20.8 Å². The van der Waals surface area contributed by atoms with Crippen LogP contribution >= 0.6 is 31.9 Å². The molecule has 116 valence electrons. The van der Waals surface area contributed by atoms with E-state index in [1.165, 1.54) is 39.9 Å². The van der Waals surface area contributed by atoms with Crippen LogP contribution in [0.4, 0.5) is 0 Å². The highest BCUT2D eigenvalue weighted by Crippen LogP contribution is 2.38. The molecular formula is C18H21Br2NSi. The summed E-state index contributed by atoms with van der Waals surface area (Å²) in [5.74, 6) is 0. The van der Waals surface area contributed by atoms with Crippen LogP contribution in [0.15, 0.2) is 45.3 Å². The number of rotatable bonds is 4. The molecule has 0 saturated heterocycles. The topological polar surface area (TPSA) is 4.93 Å². The first-order valence-electron chi connectivity index (χ1n) is 7.96. The van der Waals surface area contributed by atoms with Gasteiger partial charge in [-0.05, 0) is 54.5 Å². The molecule has 0 saturated carbocycles. The van der Waals surface area contributed by atoms with Crippen LogP contribution in [0.3, 0.4) is 0 Å². The predicted molar refractivity (Wildman–Crippen MR) is 107 cm³/mol. The lowest BCUT2D eigenvalue weighted by Gasteiger charge is -2.32. The number of hydrogen-bond acceptors (Lipinski definition) is 0. The van der Waals surface area contributed by atoms with Gasteiger partial charge in [-0.3, -0.25) is 0 Å². The fraction of sp³-hybridized carbons (Fsp3) is 0.333. The summed E-state index contributed by atoms with van der Waals surface area (Å²) < 4.78 is 5.02. The Balaban J connectivity index is 2.51. The fourth-order valence-electron chi connectivity index (χ4n) is 3.70. The molecule has 0 unspecified atom stereocenters. The van der Waals surface area contributed by atoms with Crippen molar-refractivity contribution in [2.24, 2.45) is 0 Å². The standard InChI is InChI=1S/C18H21Br2NSi/c1-4-22(5-2,6-3)21-17-9-7-13(19)11-15(17)16-12-14(20)8-10-18(16)21/h7-12H,4-6H2,1-3H3. The second-order valence-corrected chi connectivity index (χ2v) is 12.8. The third-order valence-corrected chi connectivity index (χ3v) is 11.5. The summed E-state index contributed by atoms with van der Waals surface area (Å²) in [5.41, 5.74) is 2.79. The van der Waals surface area contributed by atoms with Gasteiger partial charge in [0.1, 0.15) is 0 Å². The van der Waals surface area contributed by atoms with E-state index in [-0.39, 0.29) is 0 Å². The highest BCUT2D eigenvalue weighted by Gasteiger charge is 2.32. The maximum atomic E-state index is 3.64. The minimum Gasteiger partial charge on any atom is -0.368 e. The second-order valence-electron chi connectivity index (χ2n) is 5.94. The van der Waals surface area contributed by atoms with Crippen LogP contribution in [0.5, 0.6) is 0 Å². The molecule has 0 N–H and O–H groups in total. The van der Waals surface area contributed by atoms with Crippen LogP contribution in [-0.2, 0) is 0 Å². The quantitative estimate of drug-likeness (QED) is 0.380. The molecule has 1 aromatic heterocycles. The molecule has 0 spiro atoms. The van der Waals surface area contributed by atoms with Gasteiger partial charge in [-0.15, -0.1) is 0 Å². The van der Waals surface area contributed by atoms with Gasteiger partial charge in [0.15, 0.2) is 8.24 Å². The van der Waals surface area contributed by atoms with E-state index in [0.29, 0.717) is 0 Å². The molecule has 0 amide bonds. The Morgan fingerprint density at radius 2 is 1.18 bits per heavy atom. The lowest BCUT2D eigenvalue weighted by molar-refractivity contribution is 1.06. The summed E-state index contributed by atoms with van der Waals surface area (Å²) in [6.45, 7) is 7.11. The minimum atomic E-state index is -1.52. The van der Waals surface area contributed by atoms with Crippen LogP contribution in [0, 0.1) is 0 Å². The fourth-order valence-corrected chi connectivity index (χ4v) is 8.29. The van der Waals surface area contributed by atoms with E-state index in [9.17, 15) is 0 Å². The van der Waals surface area contributed by atoms with Crippen molar-refractivity contribution in [1.29, 1.82) is 0 Å². The maximum absolute atomic E-state index is 3.64. The van der Waals surface area contributed by atoms with Gasteiger partial charge in [0, 0.05) is 30.8 Å². The lowest BCUT2D eigenvalue weighted by Crippen LogP contribution is -2.40. The maximum Gasteiger partial charge on any atom is 0.161 e. The smallest absolute Gasteiger partial charge is 0.161 e. The van der Waals surface area contributed by atoms with Gasteiger partial charge in [-0.1, -0.05) is 52.6 Å². The summed E-state index contributed by atoms with van der Waals surface area (Å²) in [4.78, 5) is 0. The Hall–Kier alpha value is -0.583. The van der Waals surface area contributed by atoms with Crippen LogP contribution < -0.4 is 0 Å². The molecule has 0 aliphatic carbocycles. The van der Waals surface area contributed by atoms with Gasteiger partial charge < -0.3 is 4.23 Å². The Labute approximate surface area is 150 Å². The number of fused-ring (bicyclic) bond motifs is 3. The van der Waals surface area contributed by atoms with Crippen molar-refractivity contribution in [3.8, 4) is 0 Å².